The van der Waals surface area contributed by atoms with Crippen molar-refractivity contribution in [2.45, 2.75) is 11.7 Å². The number of carboxylic acid groups (broad SMARTS) is 1. The SMILES string of the molecule is C=CCN1C(=O)[C@H](CC(=O)[O-])SC1=Nc1ccccc1. The normalized spacial score (nSPS) is 20.4. The Balaban J connectivity index is 2.26. The van der Waals surface area contributed by atoms with Crippen molar-refractivity contribution in [1.29, 1.82) is 0 Å². The molecular weight excluding hydrogens is 276 g/mol. The molecule has 1 heterocycles. The highest BCUT2D eigenvalue weighted by Crippen LogP contribution is 2.31. The first-order chi connectivity index (χ1) is 9.61. The van der Waals surface area contributed by atoms with E-state index in [0.29, 0.717) is 17.4 Å². The van der Waals surface area contributed by atoms with E-state index in [1.54, 1.807) is 6.08 Å². The van der Waals surface area contributed by atoms with Crippen LogP contribution in [0, 0.1) is 0 Å². The zero-order valence-electron chi connectivity index (χ0n) is 10.7. The summed E-state index contributed by atoms with van der Waals surface area (Å²) in [7, 11) is 0. The van der Waals surface area contributed by atoms with Crippen molar-refractivity contribution < 1.29 is 14.7 Å². The first-order valence-corrected chi connectivity index (χ1v) is 6.92. The molecule has 0 bridgehead atoms. The van der Waals surface area contributed by atoms with Gasteiger partial charge in [0.1, 0.15) is 0 Å². The summed E-state index contributed by atoms with van der Waals surface area (Å²) in [4.78, 5) is 28.6. The molecule has 1 aromatic carbocycles. The number of amidine groups is 1. The highest BCUT2D eigenvalue weighted by Gasteiger charge is 2.37. The van der Waals surface area contributed by atoms with Crippen LogP contribution in [0.5, 0.6) is 0 Å². The summed E-state index contributed by atoms with van der Waals surface area (Å²) in [6.07, 6.45) is 1.27. The minimum atomic E-state index is -1.24. The van der Waals surface area contributed by atoms with Crippen molar-refractivity contribution in [3.8, 4) is 0 Å². The summed E-state index contributed by atoms with van der Waals surface area (Å²) in [5.41, 5.74) is 0.714. The second-order valence-electron chi connectivity index (χ2n) is 4.15. The number of rotatable bonds is 5. The minimum absolute atomic E-state index is 0.270. The van der Waals surface area contributed by atoms with Crippen LogP contribution in [0.15, 0.2) is 48.0 Å². The Morgan fingerprint density at radius 3 is 2.75 bits per heavy atom. The molecule has 20 heavy (non-hydrogen) atoms. The number of para-hydroxylation sites is 1. The van der Waals surface area contributed by atoms with Gasteiger partial charge in [-0.25, -0.2) is 4.99 Å². The van der Waals surface area contributed by atoms with Gasteiger partial charge in [0.15, 0.2) is 5.17 Å². The summed E-state index contributed by atoms with van der Waals surface area (Å²) in [6.45, 7) is 3.91. The molecule has 0 aliphatic carbocycles. The lowest BCUT2D eigenvalue weighted by Crippen LogP contribution is -2.35. The number of hydrogen-bond acceptors (Lipinski definition) is 5. The van der Waals surface area contributed by atoms with Crippen LogP contribution in [0.25, 0.3) is 0 Å². The molecule has 6 heteroatoms. The van der Waals surface area contributed by atoms with Crippen molar-refractivity contribution in [3.63, 3.8) is 0 Å². The Kier molecular flexibility index (Phi) is 4.57. The number of benzene rings is 1. The second kappa shape index (κ2) is 6.38. The van der Waals surface area contributed by atoms with Gasteiger partial charge in [-0.1, -0.05) is 36.0 Å². The summed E-state index contributed by atoms with van der Waals surface area (Å²) >= 11 is 1.15. The van der Waals surface area contributed by atoms with Gasteiger partial charge in [-0.3, -0.25) is 9.69 Å². The second-order valence-corrected chi connectivity index (χ2v) is 5.32. The molecule has 1 saturated heterocycles. The Morgan fingerprint density at radius 2 is 2.15 bits per heavy atom. The van der Waals surface area contributed by atoms with Gasteiger partial charge in [0.05, 0.1) is 10.9 Å². The number of carbonyl (C=O) groups is 2. The molecule has 1 atom stereocenters. The third kappa shape index (κ3) is 3.27. The molecule has 0 aromatic heterocycles. The number of carbonyl (C=O) groups excluding carboxylic acids is 2. The molecule has 0 spiro atoms. The van der Waals surface area contributed by atoms with E-state index in [1.807, 2.05) is 30.3 Å². The fraction of sp³-hybridized carbons (Fsp3) is 0.214. The van der Waals surface area contributed by atoms with Crippen molar-refractivity contribution in [2.75, 3.05) is 6.54 Å². The zero-order chi connectivity index (χ0) is 14.5. The fourth-order valence-electron chi connectivity index (χ4n) is 1.79. The van der Waals surface area contributed by atoms with Gasteiger partial charge >= 0.3 is 0 Å². The average molecular weight is 289 g/mol. The lowest BCUT2D eigenvalue weighted by molar-refractivity contribution is -0.305. The smallest absolute Gasteiger partial charge is 0.242 e. The third-order valence-corrected chi connectivity index (χ3v) is 3.84. The van der Waals surface area contributed by atoms with Crippen LogP contribution in [0.4, 0.5) is 5.69 Å². The molecule has 1 amide bonds. The largest absolute Gasteiger partial charge is 0.550 e. The van der Waals surface area contributed by atoms with Gasteiger partial charge in [0.2, 0.25) is 5.91 Å². The maximum absolute atomic E-state index is 12.1. The van der Waals surface area contributed by atoms with Crippen molar-refractivity contribution in [1.82, 2.24) is 4.90 Å². The third-order valence-electron chi connectivity index (χ3n) is 2.66. The van der Waals surface area contributed by atoms with Gasteiger partial charge in [0, 0.05) is 18.9 Å². The summed E-state index contributed by atoms with van der Waals surface area (Å²) in [6, 6.07) is 9.19. The van der Waals surface area contributed by atoms with Gasteiger partial charge in [0.25, 0.3) is 0 Å². The zero-order valence-corrected chi connectivity index (χ0v) is 11.5. The van der Waals surface area contributed by atoms with Gasteiger partial charge in [-0.2, -0.15) is 0 Å². The molecule has 0 N–H and O–H groups in total. The lowest BCUT2D eigenvalue weighted by atomic mass is 10.2. The number of thioether (sulfide) groups is 1. The van der Waals surface area contributed by atoms with Gasteiger partial charge in [-0.05, 0) is 12.1 Å². The number of nitrogens with zero attached hydrogens (tertiary/aromatic N) is 2. The molecule has 5 nitrogen and oxygen atoms in total. The van der Waals surface area contributed by atoms with E-state index in [-0.39, 0.29) is 12.3 Å². The molecule has 0 unspecified atom stereocenters. The highest BCUT2D eigenvalue weighted by atomic mass is 32.2. The van der Waals surface area contributed by atoms with Crippen LogP contribution in [0.2, 0.25) is 0 Å². The number of aliphatic carboxylic acids is 1. The molecule has 104 valence electrons. The Hall–Kier alpha value is -2.08. The number of aliphatic imine (C=N–C) groups is 1. The maximum Gasteiger partial charge on any atom is 0.242 e. The van der Waals surface area contributed by atoms with Gasteiger partial charge in [-0.15, -0.1) is 6.58 Å². The van der Waals surface area contributed by atoms with Crippen molar-refractivity contribution in [2.24, 2.45) is 4.99 Å². The number of hydrogen-bond donors (Lipinski definition) is 0. The molecular formula is C14H13N2O3S-. The summed E-state index contributed by atoms with van der Waals surface area (Å²) < 4.78 is 0. The lowest BCUT2D eigenvalue weighted by Gasteiger charge is -2.13. The molecule has 1 aromatic rings. The fourth-order valence-corrected chi connectivity index (χ4v) is 2.94. The Bertz CT molecular complexity index is 557. The number of amides is 1. The van der Waals surface area contributed by atoms with Crippen LogP contribution in [0.1, 0.15) is 6.42 Å². The molecule has 1 aliphatic heterocycles. The quantitative estimate of drug-likeness (QED) is 0.756. The highest BCUT2D eigenvalue weighted by molar-refractivity contribution is 8.15. The van der Waals surface area contributed by atoms with Gasteiger partial charge < -0.3 is 9.90 Å². The van der Waals surface area contributed by atoms with Crippen molar-refractivity contribution >= 4 is 34.5 Å². The summed E-state index contributed by atoms with van der Waals surface area (Å²) in [5.74, 6) is -1.51. The molecule has 2 rings (SSSR count). The van der Waals surface area contributed by atoms with E-state index in [4.69, 9.17) is 0 Å². The van der Waals surface area contributed by atoms with E-state index in [2.05, 4.69) is 11.6 Å². The molecule has 1 aliphatic rings. The van der Waals surface area contributed by atoms with Crippen LogP contribution in [-0.2, 0) is 9.59 Å². The Morgan fingerprint density at radius 1 is 1.45 bits per heavy atom. The number of carboxylic acids is 1. The van der Waals surface area contributed by atoms with E-state index in [9.17, 15) is 14.7 Å². The van der Waals surface area contributed by atoms with E-state index in [0.717, 1.165) is 11.8 Å². The van der Waals surface area contributed by atoms with Crippen LogP contribution in [-0.4, -0.2) is 33.7 Å². The minimum Gasteiger partial charge on any atom is -0.550 e. The first-order valence-electron chi connectivity index (χ1n) is 6.04. The van der Waals surface area contributed by atoms with Crippen LogP contribution >= 0.6 is 11.8 Å². The molecule has 1 fully saturated rings. The summed E-state index contributed by atoms with van der Waals surface area (Å²) in [5, 5.41) is 10.5. The standard InChI is InChI=1S/C14H14N2O3S/c1-2-8-16-13(19)11(9-12(17)18)20-14(16)15-10-6-4-3-5-7-10/h2-7,11H,1,8-9H2,(H,17,18)/p-1/t11-/m0/s1. The molecule has 0 saturated carbocycles. The first kappa shape index (κ1) is 14.3. The monoisotopic (exact) mass is 289 g/mol. The van der Waals surface area contributed by atoms with E-state index >= 15 is 0 Å². The topological polar surface area (TPSA) is 72.8 Å². The molecule has 0 radical (unpaired) electrons. The van der Waals surface area contributed by atoms with E-state index in [1.165, 1.54) is 4.90 Å². The van der Waals surface area contributed by atoms with Crippen LogP contribution in [0.3, 0.4) is 0 Å². The van der Waals surface area contributed by atoms with Crippen LogP contribution < -0.4 is 5.11 Å². The van der Waals surface area contributed by atoms with E-state index < -0.39 is 11.2 Å². The maximum atomic E-state index is 12.1. The Labute approximate surface area is 121 Å². The predicted octanol–water partition coefficient (Wildman–Crippen LogP) is 0.944. The van der Waals surface area contributed by atoms with Crippen molar-refractivity contribution in [3.05, 3.63) is 43.0 Å². The predicted molar refractivity (Wildman–Crippen MR) is 76.5 cm³/mol. The average Bonchev–Trinajstić information content (AvgIpc) is 2.68.